The Bertz CT molecular complexity index is 373. The number of nitrogens with zero attached hydrogens (tertiary/aromatic N) is 1. The maximum Gasteiger partial charge on any atom is 0.0905 e. The molecule has 0 radical (unpaired) electrons. The molecule has 1 heterocycles. The lowest BCUT2D eigenvalue weighted by molar-refractivity contribution is -0.196. The van der Waals surface area contributed by atoms with Gasteiger partial charge in [0.15, 0.2) is 0 Å². The second-order valence-electron chi connectivity index (χ2n) is 5.51. The van der Waals surface area contributed by atoms with E-state index in [0.29, 0.717) is 0 Å². The Morgan fingerprint density at radius 2 is 1.69 bits per heavy atom. The van der Waals surface area contributed by atoms with Crippen molar-refractivity contribution < 1.29 is 5.21 Å². The van der Waals surface area contributed by atoms with Crippen LogP contribution in [0.3, 0.4) is 0 Å². The van der Waals surface area contributed by atoms with Gasteiger partial charge < -0.3 is 5.21 Å². The third-order valence-electron chi connectivity index (χ3n) is 3.41. The minimum absolute atomic E-state index is 0.133. The van der Waals surface area contributed by atoms with Gasteiger partial charge in [0.2, 0.25) is 0 Å². The largest absolute Gasteiger partial charge is 0.312 e. The molecule has 0 bridgehead atoms. The van der Waals surface area contributed by atoms with Gasteiger partial charge in [-0.05, 0) is 33.3 Å². The van der Waals surface area contributed by atoms with Crippen LogP contribution in [0.2, 0.25) is 0 Å². The molecule has 0 spiro atoms. The molecule has 1 saturated heterocycles. The Balaban J connectivity index is 2.38. The van der Waals surface area contributed by atoms with Crippen LogP contribution in [0.25, 0.3) is 0 Å². The van der Waals surface area contributed by atoms with E-state index < -0.39 is 5.66 Å². The Kier molecular flexibility index (Phi) is 2.57. The van der Waals surface area contributed by atoms with Gasteiger partial charge in [-0.1, -0.05) is 30.3 Å². The smallest absolute Gasteiger partial charge is 0.0905 e. The highest BCUT2D eigenvalue weighted by molar-refractivity contribution is 5.25. The fraction of sp³-hybridized carbons (Fsp3) is 0.538. The molecule has 0 saturated carbocycles. The Hall–Kier alpha value is -0.900. The van der Waals surface area contributed by atoms with E-state index in [4.69, 9.17) is 0 Å². The number of hydrogen-bond donors (Lipinski definition) is 2. The quantitative estimate of drug-likeness (QED) is 0.763. The molecule has 1 fully saturated rings. The Labute approximate surface area is 97.0 Å². The van der Waals surface area contributed by atoms with Crippen LogP contribution in [0.4, 0.5) is 0 Å². The molecule has 0 aromatic heterocycles. The summed E-state index contributed by atoms with van der Waals surface area (Å²) in [6.45, 7) is 8.06. The molecule has 16 heavy (non-hydrogen) atoms. The van der Waals surface area contributed by atoms with Crippen LogP contribution in [0, 0.1) is 0 Å². The van der Waals surface area contributed by atoms with Crippen LogP contribution >= 0.6 is 0 Å². The molecule has 2 N–H and O–H groups in total. The van der Waals surface area contributed by atoms with Crippen molar-refractivity contribution in [3.8, 4) is 0 Å². The first kappa shape index (κ1) is 11.6. The monoisotopic (exact) mass is 220 g/mol. The lowest BCUT2D eigenvalue weighted by Crippen LogP contribution is -2.48. The Morgan fingerprint density at radius 3 is 2.12 bits per heavy atom. The van der Waals surface area contributed by atoms with E-state index in [1.54, 1.807) is 0 Å². The molecule has 2 rings (SSSR count). The summed E-state index contributed by atoms with van der Waals surface area (Å²) < 4.78 is 0. The van der Waals surface area contributed by atoms with Crippen LogP contribution in [-0.4, -0.2) is 21.5 Å². The van der Waals surface area contributed by atoms with Crippen LogP contribution in [-0.2, 0) is 0 Å². The highest BCUT2D eigenvalue weighted by atomic mass is 16.5. The molecular weight excluding hydrogens is 200 g/mol. The highest BCUT2D eigenvalue weighted by Gasteiger charge is 2.51. The fourth-order valence-electron chi connectivity index (χ4n) is 2.57. The predicted molar refractivity (Wildman–Crippen MR) is 64.1 cm³/mol. The molecular formula is C13H20N2O. The second-order valence-corrected chi connectivity index (χ2v) is 5.51. The van der Waals surface area contributed by atoms with Crippen LogP contribution in [0.1, 0.15) is 39.3 Å². The molecule has 88 valence electrons. The number of benzene rings is 1. The van der Waals surface area contributed by atoms with E-state index in [-0.39, 0.29) is 11.6 Å². The first-order valence-electron chi connectivity index (χ1n) is 5.67. The van der Waals surface area contributed by atoms with Crippen molar-refractivity contribution >= 4 is 0 Å². The van der Waals surface area contributed by atoms with Crippen LogP contribution < -0.4 is 5.32 Å². The number of nitrogens with one attached hydrogen (secondary N) is 1. The van der Waals surface area contributed by atoms with E-state index in [1.807, 2.05) is 45.9 Å². The predicted octanol–water partition coefficient (Wildman–Crippen LogP) is 2.54. The molecule has 1 unspecified atom stereocenters. The maximum atomic E-state index is 10.2. The van der Waals surface area contributed by atoms with Gasteiger partial charge in [-0.3, -0.25) is 5.32 Å². The number of rotatable bonds is 1. The molecule has 0 aliphatic carbocycles. The summed E-state index contributed by atoms with van der Waals surface area (Å²) in [7, 11) is 0. The van der Waals surface area contributed by atoms with Gasteiger partial charge in [-0.2, -0.15) is 5.06 Å². The highest BCUT2D eigenvalue weighted by Crippen LogP contribution is 2.40. The summed E-state index contributed by atoms with van der Waals surface area (Å²) in [6, 6.07) is 10.4. The summed E-state index contributed by atoms with van der Waals surface area (Å²) >= 11 is 0. The molecule has 3 heteroatoms. The molecule has 0 amide bonds. The van der Waals surface area contributed by atoms with Crippen molar-refractivity contribution in [2.24, 2.45) is 0 Å². The topological polar surface area (TPSA) is 35.5 Å². The van der Waals surface area contributed by atoms with E-state index in [1.165, 1.54) is 10.6 Å². The zero-order valence-corrected chi connectivity index (χ0v) is 10.4. The van der Waals surface area contributed by atoms with E-state index in [2.05, 4.69) is 17.4 Å². The van der Waals surface area contributed by atoms with Gasteiger partial charge >= 0.3 is 0 Å². The number of hydroxylamine groups is 2. The Morgan fingerprint density at radius 1 is 1.12 bits per heavy atom. The van der Waals surface area contributed by atoms with Crippen molar-refractivity contribution in [3.05, 3.63) is 35.9 Å². The van der Waals surface area contributed by atoms with Crippen molar-refractivity contribution in [2.45, 2.75) is 44.9 Å². The minimum Gasteiger partial charge on any atom is -0.312 e. The zero-order chi connectivity index (χ0) is 12.0. The summed E-state index contributed by atoms with van der Waals surface area (Å²) in [5.74, 6) is 0. The van der Waals surface area contributed by atoms with Gasteiger partial charge in [0.05, 0.1) is 17.2 Å². The average molecular weight is 220 g/mol. The fourth-order valence-corrected chi connectivity index (χ4v) is 2.57. The van der Waals surface area contributed by atoms with E-state index in [9.17, 15) is 5.21 Å². The van der Waals surface area contributed by atoms with Gasteiger partial charge in [-0.25, -0.2) is 0 Å². The first-order chi connectivity index (χ1) is 7.36. The summed E-state index contributed by atoms with van der Waals surface area (Å²) in [6.07, 6.45) is 0. The third kappa shape index (κ3) is 1.65. The number of hydrogen-bond acceptors (Lipinski definition) is 3. The minimum atomic E-state index is -0.399. The van der Waals surface area contributed by atoms with Gasteiger partial charge in [0.25, 0.3) is 0 Å². The third-order valence-corrected chi connectivity index (χ3v) is 3.41. The summed E-state index contributed by atoms with van der Waals surface area (Å²) in [5, 5.41) is 15.1. The van der Waals surface area contributed by atoms with Gasteiger partial charge in [0, 0.05) is 0 Å². The normalized spacial score (nSPS) is 28.2. The lowest BCUT2D eigenvalue weighted by Gasteiger charge is -2.34. The standard InChI is InChI=1S/C13H20N2O/c1-12(2)11(10-8-6-5-7-9-10)14-13(3,4)15(12)16/h5-9,11,14,16H,1-4H3. The molecule has 1 atom stereocenters. The van der Waals surface area contributed by atoms with Crippen LogP contribution in [0.15, 0.2) is 30.3 Å². The SMILES string of the molecule is CC1(C)NC(c2ccccc2)C(C)(C)N1O. The van der Waals surface area contributed by atoms with Crippen molar-refractivity contribution in [1.29, 1.82) is 0 Å². The zero-order valence-electron chi connectivity index (χ0n) is 10.4. The first-order valence-corrected chi connectivity index (χ1v) is 5.67. The molecule has 1 aliphatic heterocycles. The molecule has 1 aromatic rings. The average Bonchev–Trinajstić information content (AvgIpc) is 2.40. The van der Waals surface area contributed by atoms with E-state index in [0.717, 1.165) is 0 Å². The summed E-state index contributed by atoms with van der Waals surface area (Å²) in [4.78, 5) is 0. The van der Waals surface area contributed by atoms with Gasteiger partial charge in [-0.15, -0.1) is 0 Å². The van der Waals surface area contributed by atoms with Gasteiger partial charge in [0.1, 0.15) is 0 Å². The van der Waals surface area contributed by atoms with Crippen LogP contribution in [0.5, 0.6) is 0 Å². The molecule has 1 aliphatic rings. The van der Waals surface area contributed by atoms with E-state index >= 15 is 0 Å². The maximum absolute atomic E-state index is 10.2. The second kappa shape index (κ2) is 3.55. The summed E-state index contributed by atoms with van der Waals surface area (Å²) in [5.41, 5.74) is 0.492. The molecule has 3 nitrogen and oxygen atoms in total. The van der Waals surface area contributed by atoms with Crippen molar-refractivity contribution in [2.75, 3.05) is 0 Å². The van der Waals surface area contributed by atoms with Crippen molar-refractivity contribution in [3.63, 3.8) is 0 Å². The lowest BCUT2D eigenvalue weighted by atomic mass is 9.90. The van der Waals surface area contributed by atoms with Crippen molar-refractivity contribution in [1.82, 2.24) is 10.4 Å². The molecule has 1 aromatic carbocycles.